The fourth-order valence-electron chi connectivity index (χ4n) is 2.39. The van der Waals surface area contributed by atoms with Gasteiger partial charge in [0.15, 0.2) is 0 Å². The molecule has 20 heavy (non-hydrogen) atoms. The maximum absolute atomic E-state index is 6.30. The summed E-state index contributed by atoms with van der Waals surface area (Å²) in [6.07, 6.45) is 1.80. The molecule has 0 radical (unpaired) electrons. The molecule has 3 aromatic rings. The molecule has 1 heterocycles. The van der Waals surface area contributed by atoms with Crippen molar-refractivity contribution in [2.75, 3.05) is 6.54 Å². The standard InChI is InChI=1S/C15H13Cl2N3/c16-10-5-6-11(12(17)7-10)15(8-18)20-9-19-13-3-1-2-4-14(13)20/h1-7,9,15H,8,18H2. The molecule has 0 saturated carbocycles. The first kappa shape index (κ1) is 13.4. The van der Waals surface area contributed by atoms with E-state index >= 15 is 0 Å². The Hall–Kier alpha value is -1.55. The number of fused-ring (bicyclic) bond motifs is 1. The van der Waals surface area contributed by atoms with Crippen molar-refractivity contribution < 1.29 is 0 Å². The summed E-state index contributed by atoms with van der Waals surface area (Å²) in [5.41, 5.74) is 8.88. The number of nitrogens with zero attached hydrogens (tertiary/aromatic N) is 2. The topological polar surface area (TPSA) is 43.8 Å². The number of halogens is 2. The highest BCUT2D eigenvalue weighted by atomic mass is 35.5. The molecule has 0 aliphatic carbocycles. The van der Waals surface area contributed by atoms with Crippen molar-refractivity contribution in [2.45, 2.75) is 6.04 Å². The van der Waals surface area contributed by atoms with Crippen LogP contribution in [0.1, 0.15) is 11.6 Å². The summed E-state index contributed by atoms with van der Waals surface area (Å²) < 4.78 is 2.05. The molecule has 3 nitrogen and oxygen atoms in total. The lowest BCUT2D eigenvalue weighted by molar-refractivity contribution is 0.610. The Morgan fingerprint density at radius 3 is 2.70 bits per heavy atom. The van der Waals surface area contributed by atoms with Crippen LogP contribution in [0.4, 0.5) is 0 Å². The minimum Gasteiger partial charge on any atom is -0.328 e. The Balaban J connectivity index is 2.14. The van der Waals surface area contributed by atoms with Crippen LogP contribution in [0.15, 0.2) is 48.8 Å². The van der Waals surface area contributed by atoms with Gasteiger partial charge in [-0.15, -0.1) is 0 Å². The summed E-state index contributed by atoms with van der Waals surface area (Å²) in [7, 11) is 0. The van der Waals surface area contributed by atoms with E-state index in [9.17, 15) is 0 Å². The van der Waals surface area contributed by atoms with Crippen molar-refractivity contribution in [2.24, 2.45) is 5.73 Å². The third-order valence-corrected chi connectivity index (χ3v) is 3.92. The van der Waals surface area contributed by atoms with Crippen LogP contribution in [-0.4, -0.2) is 16.1 Å². The number of aromatic nitrogens is 2. The van der Waals surface area contributed by atoms with E-state index in [1.165, 1.54) is 0 Å². The molecule has 0 aliphatic heterocycles. The number of hydrogen-bond acceptors (Lipinski definition) is 2. The second-order valence-corrected chi connectivity index (χ2v) is 5.40. The first-order chi connectivity index (χ1) is 9.70. The summed E-state index contributed by atoms with van der Waals surface area (Å²) >= 11 is 12.2. The summed E-state index contributed by atoms with van der Waals surface area (Å²) in [6, 6.07) is 13.4. The quantitative estimate of drug-likeness (QED) is 0.798. The van der Waals surface area contributed by atoms with Crippen LogP contribution in [0.2, 0.25) is 10.0 Å². The monoisotopic (exact) mass is 305 g/mol. The highest BCUT2D eigenvalue weighted by molar-refractivity contribution is 6.35. The molecule has 0 aliphatic rings. The van der Waals surface area contributed by atoms with Gasteiger partial charge in [0.2, 0.25) is 0 Å². The van der Waals surface area contributed by atoms with Crippen LogP contribution in [0.3, 0.4) is 0 Å². The number of para-hydroxylation sites is 2. The molecule has 0 saturated heterocycles. The van der Waals surface area contributed by atoms with Gasteiger partial charge in [-0.2, -0.15) is 0 Å². The van der Waals surface area contributed by atoms with Gasteiger partial charge in [-0.05, 0) is 29.8 Å². The lowest BCUT2D eigenvalue weighted by Crippen LogP contribution is -2.20. The smallest absolute Gasteiger partial charge is 0.0964 e. The molecule has 1 aromatic heterocycles. The molecule has 102 valence electrons. The van der Waals surface area contributed by atoms with Gasteiger partial charge < -0.3 is 10.3 Å². The summed E-state index contributed by atoms with van der Waals surface area (Å²) in [4.78, 5) is 4.40. The third-order valence-electron chi connectivity index (χ3n) is 3.36. The van der Waals surface area contributed by atoms with Crippen LogP contribution in [0, 0.1) is 0 Å². The molecule has 1 unspecified atom stereocenters. The van der Waals surface area contributed by atoms with Crippen LogP contribution in [-0.2, 0) is 0 Å². The number of nitrogens with two attached hydrogens (primary N) is 1. The molecule has 5 heteroatoms. The fraction of sp³-hybridized carbons (Fsp3) is 0.133. The van der Waals surface area contributed by atoms with Crippen LogP contribution in [0.5, 0.6) is 0 Å². The van der Waals surface area contributed by atoms with Crippen LogP contribution in [0.25, 0.3) is 11.0 Å². The van der Waals surface area contributed by atoms with Gasteiger partial charge in [0.25, 0.3) is 0 Å². The lowest BCUT2D eigenvalue weighted by Gasteiger charge is -2.19. The largest absolute Gasteiger partial charge is 0.328 e. The molecule has 3 rings (SSSR count). The molecule has 0 amide bonds. The fourth-order valence-corrected chi connectivity index (χ4v) is 2.92. The van der Waals surface area contributed by atoms with Crippen molar-refractivity contribution in [3.05, 3.63) is 64.4 Å². The highest BCUT2D eigenvalue weighted by Crippen LogP contribution is 2.30. The average Bonchev–Trinajstić information content (AvgIpc) is 2.86. The number of benzene rings is 2. The lowest BCUT2D eigenvalue weighted by atomic mass is 10.1. The maximum atomic E-state index is 6.30. The Morgan fingerprint density at radius 1 is 1.15 bits per heavy atom. The van der Waals surface area contributed by atoms with E-state index < -0.39 is 0 Å². The summed E-state index contributed by atoms with van der Waals surface area (Å²) in [5.74, 6) is 0. The Bertz CT molecular complexity index is 752. The second kappa shape index (κ2) is 5.44. The van der Waals surface area contributed by atoms with Gasteiger partial charge in [0.1, 0.15) is 0 Å². The van der Waals surface area contributed by atoms with E-state index in [0.717, 1.165) is 16.6 Å². The zero-order chi connectivity index (χ0) is 14.1. The molecule has 2 aromatic carbocycles. The summed E-state index contributed by atoms with van der Waals surface area (Å²) in [6.45, 7) is 0.432. The van der Waals surface area contributed by atoms with Crippen LogP contribution < -0.4 is 5.73 Å². The van der Waals surface area contributed by atoms with Gasteiger partial charge in [0, 0.05) is 16.6 Å². The SMILES string of the molecule is NCC(c1ccc(Cl)cc1Cl)n1cnc2ccccc21. The molecule has 0 fully saturated rings. The maximum Gasteiger partial charge on any atom is 0.0964 e. The number of hydrogen-bond donors (Lipinski definition) is 1. The molecular weight excluding hydrogens is 293 g/mol. The van der Waals surface area contributed by atoms with Crippen molar-refractivity contribution in [1.82, 2.24) is 9.55 Å². The Labute approximate surface area is 126 Å². The van der Waals surface area contributed by atoms with E-state index in [4.69, 9.17) is 28.9 Å². The molecule has 2 N–H and O–H groups in total. The molecule has 1 atom stereocenters. The number of imidazole rings is 1. The zero-order valence-electron chi connectivity index (χ0n) is 10.6. The predicted octanol–water partition coefficient (Wildman–Crippen LogP) is 3.89. The van der Waals surface area contributed by atoms with Gasteiger partial charge in [0.05, 0.1) is 23.4 Å². The van der Waals surface area contributed by atoms with Crippen molar-refractivity contribution >= 4 is 34.2 Å². The van der Waals surface area contributed by atoms with Crippen molar-refractivity contribution in [3.8, 4) is 0 Å². The third kappa shape index (κ3) is 2.29. The number of rotatable bonds is 3. The first-order valence-electron chi connectivity index (χ1n) is 6.27. The highest BCUT2D eigenvalue weighted by Gasteiger charge is 2.17. The van der Waals surface area contributed by atoms with Crippen molar-refractivity contribution in [1.29, 1.82) is 0 Å². The Kier molecular flexibility index (Phi) is 3.66. The van der Waals surface area contributed by atoms with E-state index in [0.29, 0.717) is 16.6 Å². The molecule has 0 bridgehead atoms. The van der Waals surface area contributed by atoms with Gasteiger partial charge in [-0.1, -0.05) is 41.4 Å². The molecule has 0 spiro atoms. The normalized spacial score (nSPS) is 12.8. The predicted molar refractivity (Wildman–Crippen MR) is 83.4 cm³/mol. The van der Waals surface area contributed by atoms with E-state index in [1.807, 2.05) is 41.0 Å². The van der Waals surface area contributed by atoms with E-state index in [-0.39, 0.29) is 6.04 Å². The van der Waals surface area contributed by atoms with E-state index in [1.54, 1.807) is 12.4 Å². The Morgan fingerprint density at radius 2 is 1.95 bits per heavy atom. The first-order valence-corrected chi connectivity index (χ1v) is 7.03. The molecular formula is C15H13Cl2N3. The minimum absolute atomic E-state index is 0.0628. The van der Waals surface area contributed by atoms with Gasteiger partial charge in [-0.25, -0.2) is 4.98 Å². The second-order valence-electron chi connectivity index (χ2n) is 4.56. The van der Waals surface area contributed by atoms with E-state index in [2.05, 4.69) is 4.98 Å². The van der Waals surface area contributed by atoms with Crippen LogP contribution >= 0.6 is 23.2 Å². The average molecular weight is 306 g/mol. The zero-order valence-corrected chi connectivity index (χ0v) is 12.1. The van der Waals surface area contributed by atoms with Gasteiger partial charge in [-0.3, -0.25) is 0 Å². The van der Waals surface area contributed by atoms with Crippen molar-refractivity contribution in [3.63, 3.8) is 0 Å². The minimum atomic E-state index is -0.0628. The summed E-state index contributed by atoms with van der Waals surface area (Å²) in [5, 5.41) is 1.23. The van der Waals surface area contributed by atoms with Gasteiger partial charge >= 0.3 is 0 Å².